The van der Waals surface area contributed by atoms with Crippen LogP contribution in [0.1, 0.15) is 11.3 Å². The fourth-order valence-corrected chi connectivity index (χ4v) is 3.66. The molecular weight excluding hydrogens is 360 g/mol. The van der Waals surface area contributed by atoms with Gasteiger partial charge in [-0.25, -0.2) is 14.5 Å². The molecule has 0 bridgehead atoms. The van der Waals surface area contributed by atoms with Crippen LogP contribution in [0.3, 0.4) is 0 Å². The molecule has 4 rings (SSSR count). The number of rotatable bonds is 5. The topological polar surface area (TPSA) is 72.3 Å². The summed E-state index contributed by atoms with van der Waals surface area (Å²) in [6, 6.07) is 15.0. The minimum atomic E-state index is -0.131. The molecule has 27 heavy (non-hydrogen) atoms. The molecule has 0 radical (unpaired) electrons. The number of benzene rings is 1. The number of aryl methyl sites for hydroxylation is 1. The summed E-state index contributed by atoms with van der Waals surface area (Å²) in [5.74, 6) is 1.35. The number of pyridine rings is 1. The maximum atomic E-state index is 12.6. The van der Waals surface area contributed by atoms with Crippen molar-refractivity contribution in [2.45, 2.75) is 17.7 Å². The van der Waals surface area contributed by atoms with Crippen LogP contribution >= 0.6 is 11.8 Å². The van der Waals surface area contributed by atoms with Crippen molar-refractivity contribution < 1.29 is 4.74 Å². The van der Waals surface area contributed by atoms with E-state index in [1.807, 2.05) is 49.4 Å². The van der Waals surface area contributed by atoms with Crippen molar-refractivity contribution in [2.24, 2.45) is 0 Å². The normalized spacial score (nSPS) is 11.0. The molecule has 1 N–H and O–H groups in total. The number of hydrogen-bond donors (Lipinski definition) is 1. The number of fused-ring (bicyclic) bond motifs is 1. The van der Waals surface area contributed by atoms with E-state index in [0.717, 1.165) is 33.3 Å². The second kappa shape index (κ2) is 7.28. The van der Waals surface area contributed by atoms with Crippen molar-refractivity contribution in [2.75, 3.05) is 7.11 Å². The summed E-state index contributed by atoms with van der Waals surface area (Å²) in [5, 5.41) is 4.07. The van der Waals surface area contributed by atoms with Gasteiger partial charge >= 0.3 is 0 Å². The quantitative estimate of drug-likeness (QED) is 0.536. The molecule has 0 saturated heterocycles. The average molecular weight is 378 g/mol. The first-order valence-electron chi connectivity index (χ1n) is 8.45. The number of aromatic amines is 1. The number of hydrogen-bond acceptors (Lipinski definition) is 5. The van der Waals surface area contributed by atoms with Gasteiger partial charge in [0.15, 0.2) is 5.65 Å². The Hall–Kier alpha value is -3.06. The SMILES string of the molecule is COc1cccc(-c2[nH]n3c(=O)cc(CSc4ccccn4)nc3c2C)c1. The van der Waals surface area contributed by atoms with Gasteiger partial charge in [-0.2, -0.15) is 0 Å². The predicted octanol–water partition coefficient (Wildman–Crippen LogP) is 3.69. The zero-order valence-corrected chi connectivity index (χ0v) is 15.8. The van der Waals surface area contributed by atoms with Crippen molar-refractivity contribution in [3.05, 3.63) is 76.3 Å². The third kappa shape index (κ3) is 3.46. The summed E-state index contributed by atoms with van der Waals surface area (Å²) in [6.07, 6.45) is 1.75. The Bertz CT molecular complexity index is 1150. The molecule has 3 heterocycles. The summed E-state index contributed by atoms with van der Waals surface area (Å²) in [6.45, 7) is 1.96. The maximum Gasteiger partial charge on any atom is 0.272 e. The number of ether oxygens (including phenoxy) is 1. The molecule has 0 atom stereocenters. The first kappa shape index (κ1) is 17.4. The van der Waals surface area contributed by atoms with E-state index in [0.29, 0.717) is 11.4 Å². The van der Waals surface area contributed by atoms with Crippen LogP contribution in [0.2, 0.25) is 0 Å². The highest BCUT2D eigenvalue weighted by atomic mass is 32.2. The van der Waals surface area contributed by atoms with Crippen LogP contribution in [-0.4, -0.2) is 26.7 Å². The third-order valence-corrected chi connectivity index (χ3v) is 5.25. The molecule has 0 saturated carbocycles. The monoisotopic (exact) mass is 378 g/mol. The van der Waals surface area contributed by atoms with Gasteiger partial charge in [-0.05, 0) is 31.2 Å². The Morgan fingerprint density at radius 2 is 2.07 bits per heavy atom. The van der Waals surface area contributed by atoms with E-state index in [-0.39, 0.29) is 5.56 Å². The highest BCUT2D eigenvalue weighted by molar-refractivity contribution is 7.98. The molecule has 136 valence electrons. The minimum absolute atomic E-state index is 0.131. The number of methoxy groups -OCH3 is 1. The van der Waals surface area contributed by atoms with Gasteiger partial charge in [0.2, 0.25) is 0 Å². The summed E-state index contributed by atoms with van der Waals surface area (Å²) in [5.41, 5.74) is 3.96. The maximum absolute atomic E-state index is 12.6. The molecule has 1 aromatic carbocycles. The largest absolute Gasteiger partial charge is 0.497 e. The molecule has 0 amide bonds. The van der Waals surface area contributed by atoms with E-state index in [4.69, 9.17) is 9.72 Å². The smallest absolute Gasteiger partial charge is 0.272 e. The van der Waals surface area contributed by atoms with Gasteiger partial charge in [0.1, 0.15) is 5.75 Å². The Kier molecular flexibility index (Phi) is 4.68. The average Bonchev–Trinajstić information content (AvgIpc) is 3.04. The molecule has 4 aromatic rings. The lowest BCUT2D eigenvalue weighted by atomic mass is 10.1. The second-order valence-corrected chi connectivity index (χ2v) is 7.04. The lowest BCUT2D eigenvalue weighted by Gasteiger charge is -2.03. The van der Waals surface area contributed by atoms with Gasteiger partial charge < -0.3 is 4.74 Å². The van der Waals surface area contributed by atoms with E-state index in [9.17, 15) is 4.79 Å². The van der Waals surface area contributed by atoms with Crippen LogP contribution in [0.15, 0.2) is 64.5 Å². The molecule has 7 heteroatoms. The fraction of sp³-hybridized carbons (Fsp3) is 0.150. The van der Waals surface area contributed by atoms with Crippen molar-refractivity contribution >= 4 is 17.4 Å². The van der Waals surface area contributed by atoms with Gasteiger partial charge in [-0.1, -0.05) is 18.2 Å². The van der Waals surface area contributed by atoms with E-state index >= 15 is 0 Å². The van der Waals surface area contributed by atoms with Gasteiger partial charge in [0, 0.05) is 29.1 Å². The molecular formula is C20H18N4O2S. The number of H-pyrrole nitrogens is 1. The lowest BCUT2D eigenvalue weighted by molar-refractivity contribution is 0.415. The van der Waals surface area contributed by atoms with Crippen LogP contribution in [0.4, 0.5) is 0 Å². The van der Waals surface area contributed by atoms with Crippen LogP contribution in [0.25, 0.3) is 16.9 Å². The highest BCUT2D eigenvalue weighted by Gasteiger charge is 2.14. The molecule has 3 aromatic heterocycles. The molecule has 0 unspecified atom stereocenters. The van der Waals surface area contributed by atoms with Crippen molar-refractivity contribution in [3.8, 4) is 17.0 Å². The van der Waals surface area contributed by atoms with E-state index in [2.05, 4.69) is 10.1 Å². The standard InChI is InChI=1S/C20H18N4O2S/c1-13-19(14-6-5-7-16(10-14)26-2)23-24-18(25)11-15(22-20(13)24)12-27-17-8-3-4-9-21-17/h3-11,23H,12H2,1-2H3. The van der Waals surface area contributed by atoms with Gasteiger partial charge in [-0.15, -0.1) is 11.8 Å². The Labute approximate surface area is 160 Å². The van der Waals surface area contributed by atoms with Crippen LogP contribution in [0.5, 0.6) is 5.75 Å². The zero-order valence-electron chi connectivity index (χ0n) is 15.0. The van der Waals surface area contributed by atoms with Crippen LogP contribution < -0.4 is 10.3 Å². The molecule has 0 spiro atoms. The summed E-state index contributed by atoms with van der Waals surface area (Å²) in [4.78, 5) is 21.6. The molecule has 0 aliphatic rings. The summed E-state index contributed by atoms with van der Waals surface area (Å²) < 4.78 is 6.79. The molecule has 0 aliphatic heterocycles. The van der Waals surface area contributed by atoms with E-state index in [1.54, 1.807) is 31.1 Å². The van der Waals surface area contributed by atoms with E-state index < -0.39 is 0 Å². The van der Waals surface area contributed by atoms with Crippen molar-refractivity contribution in [3.63, 3.8) is 0 Å². The minimum Gasteiger partial charge on any atom is -0.497 e. The Morgan fingerprint density at radius 3 is 2.85 bits per heavy atom. The lowest BCUT2D eigenvalue weighted by Crippen LogP contribution is -2.15. The molecule has 6 nitrogen and oxygen atoms in total. The van der Waals surface area contributed by atoms with Crippen molar-refractivity contribution in [1.29, 1.82) is 0 Å². The number of thioether (sulfide) groups is 1. The Balaban J connectivity index is 1.72. The number of aromatic nitrogens is 4. The first-order chi connectivity index (χ1) is 13.2. The van der Waals surface area contributed by atoms with Crippen LogP contribution in [-0.2, 0) is 5.75 Å². The fourth-order valence-electron chi connectivity index (χ4n) is 2.91. The van der Waals surface area contributed by atoms with Crippen LogP contribution in [0, 0.1) is 6.92 Å². The first-order valence-corrected chi connectivity index (χ1v) is 9.44. The molecule has 0 fully saturated rings. The van der Waals surface area contributed by atoms with E-state index in [1.165, 1.54) is 4.52 Å². The van der Waals surface area contributed by atoms with Gasteiger partial charge in [0.25, 0.3) is 5.56 Å². The zero-order chi connectivity index (χ0) is 18.8. The third-order valence-electron chi connectivity index (χ3n) is 4.27. The number of nitrogens with zero attached hydrogens (tertiary/aromatic N) is 3. The van der Waals surface area contributed by atoms with Gasteiger partial charge in [0.05, 0.1) is 23.5 Å². The summed E-state index contributed by atoms with van der Waals surface area (Å²) >= 11 is 1.56. The van der Waals surface area contributed by atoms with Gasteiger partial charge in [-0.3, -0.25) is 9.89 Å². The molecule has 0 aliphatic carbocycles. The highest BCUT2D eigenvalue weighted by Crippen LogP contribution is 2.27. The number of nitrogens with one attached hydrogen (secondary N) is 1. The second-order valence-electron chi connectivity index (χ2n) is 6.05. The Morgan fingerprint density at radius 1 is 1.19 bits per heavy atom. The van der Waals surface area contributed by atoms with Crippen molar-refractivity contribution in [1.82, 2.24) is 19.6 Å². The summed E-state index contributed by atoms with van der Waals surface area (Å²) in [7, 11) is 1.63. The predicted molar refractivity (Wildman–Crippen MR) is 106 cm³/mol.